The largest absolute Gasteiger partial charge is 0.460 e. The summed E-state index contributed by atoms with van der Waals surface area (Å²) in [6.45, 7) is 15.7. The number of hydrogen-bond donors (Lipinski definition) is 1. The molecule has 5 heteroatoms. The maximum Gasteiger partial charge on any atom is 0.306 e. The second-order valence-corrected chi connectivity index (χ2v) is 8.36. The lowest BCUT2D eigenvalue weighted by Crippen LogP contribution is -2.52. The highest BCUT2D eigenvalue weighted by atomic mass is 16.6. The molecule has 0 aromatic carbocycles. The van der Waals surface area contributed by atoms with E-state index in [1.807, 2.05) is 41.5 Å². The molecule has 0 aromatic heterocycles. The molecule has 1 unspecified atom stereocenters. The quantitative estimate of drug-likeness (QED) is 0.688. The first-order chi connectivity index (χ1) is 10.8. The normalized spacial score (nSPS) is 17.1. The van der Waals surface area contributed by atoms with E-state index in [1.54, 1.807) is 11.9 Å². The number of esters is 1. The molecule has 0 spiro atoms. The number of rotatable bonds is 8. The van der Waals surface area contributed by atoms with E-state index in [2.05, 4.69) is 13.8 Å². The molecular weight excluding hydrogens is 304 g/mol. The van der Waals surface area contributed by atoms with Gasteiger partial charge in [-0.1, -0.05) is 41.0 Å². The van der Waals surface area contributed by atoms with Crippen LogP contribution < -0.4 is 5.73 Å². The van der Waals surface area contributed by atoms with E-state index in [0.717, 1.165) is 6.42 Å². The number of likely N-dealkylation sites (N-methyl/N-ethyl adjacent to an activating group) is 1. The van der Waals surface area contributed by atoms with Crippen LogP contribution in [0.3, 0.4) is 0 Å². The summed E-state index contributed by atoms with van der Waals surface area (Å²) in [7, 11) is 1.80. The minimum Gasteiger partial charge on any atom is -0.460 e. The van der Waals surface area contributed by atoms with E-state index in [-0.39, 0.29) is 35.7 Å². The first kappa shape index (κ1) is 22.9. The van der Waals surface area contributed by atoms with Gasteiger partial charge in [-0.05, 0) is 38.5 Å². The molecule has 0 aliphatic heterocycles. The zero-order valence-electron chi connectivity index (χ0n) is 17.1. The lowest BCUT2D eigenvalue weighted by Gasteiger charge is -2.38. The van der Waals surface area contributed by atoms with Crippen LogP contribution in [0.4, 0.5) is 0 Å². The van der Waals surface area contributed by atoms with Gasteiger partial charge in [-0.2, -0.15) is 0 Å². The Hall–Kier alpha value is -1.10. The summed E-state index contributed by atoms with van der Waals surface area (Å²) < 4.78 is 5.43. The molecule has 2 N–H and O–H groups in total. The van der Waals surface area contributed by atoms with Crippen molar-refractivity contribution < 1.29 is 14.3 Å². The Bertz CT molecular complexity index is 415. The maximum atomic E-state index is 12.7. The molecule has 0 saturated carbocycles. The van der Waals surface area contributed by atoms with Gasteiger partial charge in [0.1, 0.15) is 5.60 Å². The van der Waals surface area contributed by atoms with Crippen LogP contribution in [0, 0.1) is 17.8 Å². The highest BCUT2D eigenvalue weighted by Crippen LogP contribution is 2.26. The fourth-order valence-electron chi connectivity index (χ4n) is 3.00. The number of carbonyl (C=O) groups excluding carboxylic acids is 2. The predicted octanol–water partition coefficient (Wildman–Crippen LogP) is 3.21. The van der Waals surface area contributed by atoms with Gasteiger partial charge in [-0.3, -0.25) is 9.59 Å². The third-order valence-corrected chi connectivity index (χ3v) is 4.52. The van der Waals surface area contributed by atoms with Crippen LogP contribution >= 0.6 is 0 Å². The summed E-state index contributed by atoms with van der Waals surface area (Å²) in [5.74, 6) is 0.0706. The zero-order valence-corrected chi connectivity index (χ0v) is 17.1. The van der Waals surface area contributed by atoms with Crippen molar-refractivity contribution in [1.82, 2.24) is 4.90 Å². The van der Waals surface area contributed by atoms with Crippen molar-refractivity contribution >= 4 is 11.9 Å². The van der Waals surface area contributed by atoms with Gasteiger partial charge in [0.05, 0.1) is 12.5 Å². The minimum atomic E-state index is -0.518. The minimum absolute atomic E-state index is 0.00288. The summed E-state index contributed by atoms with van der Waals surface area (Å²) in [6.07, 6.45) is 1.22. The fraction of sp³-hybridized carbons (Fsp3) is 0.895. The standard InChI is InChI=1S/C19H38N2O3/c1-10-13(4)17(21(9)18(23)16(20)12(2)3)14(5)11-15(22)24-19(6,7)8/h12-14,16-17H,10-11,20H2,1-9H3/t13?,14-,16+,17+/m1/s1. The van der Waals surface area contributed by atoms with Crippen LogP contribution in [0.25, 0.3) is 0 Å². The molecule has 24 heavy (non-hydrogen) atoms. The average Bonchev–Trinajstić information content (AvgIpc) is 2.42. The van der Waals surface area contributed by atoms with E-state index in [0.29, 0.717) is 6.42 Å². The second kappa shape index (κ2) is 9.40. The molecule has 0 heterocycles. The number of nitrogens with two attached hydrogens (primary N) is 1. The molecule has 5 nitrogen and oxygen atoms in total. The van der Waals surface area contributed by atoms with Crippen molar-refractivity contribution in [2.45, 2.75) is 85.9 Å². The summed E-state index contributed by atoms with van der Waals surface area (Å²) >= 11 is 0. The first-order valence-corrected chi connectivity index (χ1v) is 9.05. The monoisotopic (exact) mass is 342 g/mol. The van der Waals surface area contributed by atoms with Gasteiger partial charge in [0.2, 0.25) is 5.91 Å². The van der Waals surface area contributed by atoms with Crippen LogP contribution in [0.5, 0.6) is 0 Å². The molecule has 0 fully saturated rings. The number of ether oxygens (including phenoxy) is 1. The Balaban J connectivity index is 5.18. The van der Waals surface area contributed by atoms with E-state index in [4.69, 9.17) is 10.5 Å². The van der Waals surface area contributed by atoms with Gasteiger partial charge >= 0.3 is 5.97 Å². The number of hydrogen-bond acceptors (Lipinski definition) is 4. The van der Waals surface area contributed by atoms with Crippen molar-refractivity contribution in [2.24, 2.45) is 23.5 Å². The van der Waals surface area contributed by atoms with Crippen LogP contribution in [-0.2, 0) is 14.3 Å². The van der Waals surface area contributed by atoms with Crippen molar-refractivity contribution in [3.05, 3.63) is 0 Å². The Morgan fingerprint density at radius 1 is 1.08 bits per heavy atom. The van der Waals surface area contributed by atoms with Crippen molar-refractivity contribution in [1.29, 1.82) is 0 Å². The highest BCUT2D eigenvalue weighted by Gasteiger charge is 2.34. The van der Waals surface area contributed by atoms with Crippen molar-refractivity contribution in [3.8, 4) is 0 Å². The predicted molar refractivity (Wildman–Crippen MR) is 98.5 cm³/mol. The topological polar surface area (TPSA) is 72.6 Å². The van der Waals surface area contributed by atoms with Crippen LogP contribution in [0.1, 0.15) is 68.2 Å². The average molecular weight is 343 g/mol. The van der Waals surface area contributed by atoms with Gasteiger partial charge < -0.3 is 15.4 Å². The third-order valence-electron chi connectivity index (χ3n) is 4.52. The van der Waals surface area contributed by atoms with E-state index in [9.17, 15) is 9.59 Å². The molecule has 0 aliphatic rings. The summed E-state index contributed by atoms with van der Waals surface area (Å²) in [6, 6.07) is -0.560. The van der Waals surface area contributed by atoms with Gasteiger partial charge in [-0.15, -0.1) is 0 Å². The number of amides is 1. The highest BCUT2D eigenvalue weighted by molar-refractivity contribution is 5.82. The van der Waals surface area contributed by atoms with Crippen molar-refractivity contribution in [3.63, 3.8) is 0 Å². The molecule has 4 atom stereocenters. The zero-order chi connectivity index (χ0) is 19.2. The molecular formula is C19H38N2O3. The van der Waals surface area contributed by atoms with Crippen LogP contribution in [-0.4, -0.2) is 41.5 Å². The molecule has 0 aliphatic carbocycles. The van der Waals surface area contributed by atoms with Gasteiger partial charge in [-0.25, -0.2) is 0 Å². The number of nitrogens with zero attached hydrogens (tertiary/aromatic N) is 1. The molecule has 0 bridgehead atoms. The SMILES string of the molecule is CCC(C)[C@@H]([C@H](C)CC(=O)OC(C)(C)C)N(C)C(=O)[C@@H](N)C(C)C. The molecule has 0 saturated heterocycles. The molecule has 142 valence electrons. The summed E-state index contributed by atoms with van der Waals surface area (Å²) in [5, 5.41) is 0. The van der Waals surface area contributed by atoms with E-state index < -0.39 is 11.6 Å². The van der Waals surface area contributed by atoms with Gasteiger partial charge in [0.15, 0.2) is 0 Å². The van der Waals surface area contributed by atoms with Crippen LogP contribution in [0.2, 0.25) is 0 Å². The Morgan fingerprint density at radius 3 is 1.96 bits per heavy atom. The Kier molecular flexibility index (Phi) is 8.97. The molecule has 0 rings (SSSR count). The summed E-state index contributed by atoms with van der Waals surface area (Å²) in [4.78, 5) is 26.6. The lowest BCUT2D eigenvalue weighted by molar-refractivity contribution is -0.157. The van der Waals surface area contributed by atoms with Crippen LogP contribution in [0.15, 0.2) is 0 Å². The van der Waals surface area contributed by atoms with E-state index >= 15 is 0 Å². The van der Waals surface area contributed by atoms with Crippen molar-refractivity contribution in [2.75, 3.05) is 7.05 Å². The van der Waals surface area contributed by atoms with Gasteiger partial charge in [0, 0.05) is 13.1 Å². The van der Waals surface area contributed by atoms with E-state index in [1.165, 1.54) is 0 Å². The summed E-state index contributed by atoms with van der Waals surface area (Å²) in [5.41, 5.74) is 5.55. The van der Waals surface area contributed by atoms with Gasteiger partial charge in [0.25, 0.3) is 0 Å². The Morgan fingerprint density at radius 2 is 1.58 bits per heavy atom. The third kappa shape index (κ3) is 7.20. The fourth-order valence-corrected chi connectivity index (χ4v) is 3.00. The smallest absolute Gasteiger partial charge is 0.306 e. The molecule has 0 aromatic rings. The molecule has 0 radical (unpaired) electrons. The Labute approximate surface area is 148 Å². The number of carbonyl (C=O) groups is 2. The first-order valence-electron chi connectivity index (χ1n) is 9.05. The second-order valence-electron chi connectivity index (χ2n) is 8.36. The maximum absolute atomic E-state index is 12.7. The lowest BCUT2D eigenvalue weighted by atomic mass is 9.85. The molecule has 1 amide bonds.